The molecule has 0 bridgehead atoms. The van der Waals surface area contributed by atoms with Gasteiger partial charge >= 0.3 is 0 Å². The highest BCUT2D eigenvalue weighted by Gasteiger charge is 2.20. The van der Waals surface area contributed by atoms with Gasteiger partial charge in [-0.15, -0.1) is 6.42 Å². The van der Waals surface area contributed by atoms with Crippen LogP contribution in [0.5, 0.6) is 5.75 Å². The van der Waals surface area contributed by atoms with Gasteiger partial charge in [0, 0.05) is 18.0 Å². The van der Waals surface area contributed by atoms with Crippen LogP contribution in [0.25, 0.3) is 0 Å². The molecule has 1 aliphatic heterocycles. The number of carbonyl (C=O) groups excluding carboxylic acids is 1. The Labute approximate surface area is 159 Å². The quantitative estimate of drug-likeness (QED) is 0.741. The molecule has 1 atom stereocenters. The number of nitrogens with one attached hydrogen (secondary N) is 2. The second-order valence-corrected chi connectivity index (χ2v) is 8.02. The van der Waals surface area contributed by atoms with E-state index in [-0.39, 0.29) is 23.3 Å². The van der Waals surface area contributed by atoms with Crippen molar-refractivity contribution in [2.24, 2.45) is 5.92 Å². The van der Waals surface area contributed by atoms with Crippen molar-refractivity contribution in [1.29, 1.82) is 0 Å². The molecule has 0 fully saturated rings. The van der Waals surface area contributed by atoms with E-state index in [2.05, 4.69) is 16.0 Å². The van der Waals surface area contributed by atoms with E-state index in [0.29, 0.717) is 18.7 Å². The molecule has 0 aromatic heterocycles. The number of hydrogen-bond donors (Lipinski definition) is 2. The lowest BCUT2D eigenvalue weighted by Crippen LogP contribution is -2.34. The average molecular weight is 384 g/mol. The third kappa shape index (κ3) is 4.67. The van der Waals surface area contributed by atoms with Gasteiger partial charge in [0.2, 0.25) is 10.0 Å². The second-order valence-electron chi connectivity index (χ2n) is 6.25. The molecular formula is C20H20N2O4S. The molecule has 3 rings (SSSR count). The van der Waals surface area contributed by atoms with E-state index >= 15 is 0 Å². The van der Waals surface area contributed by atoms with Crippen LogP contribution in [0.4, 0.5) is 0 Å². The van der Waals surface area contributed by atoms with Crippen LogP contribution < -0.4 is 14.8 Å². The predicted octanol–water partition coefficient (Wildman–Crippen LogP) is 1.58. The van der Waals surface area contributed by atoms with Gasteiger partial charge in [-0.1, -0.05) is 24.1 Å². The summed E-state index contributed by atoms with van der Waals surface area (Å²) in [5, 5.41) is 2.88. The van der Waals surface area contributed by atoms with Crippen LogP contribution in [0.15, 0.2) is 53.4 Å². The standard InChI is InChI=1S/C20H20N2O4S/c1-2-11-22-27(24,25)18-9-7-16(8-10-18)20(23)21-13-15-12-17-5-3-4-6-19(17)26-14-15/h1,3-10,15,22H,11-14H2,(H,21,23). The number of benzene rings is 2. The number of para-hydroxylation sites is 1. The number of sulfonamides is 1. The molecule has 2 aromatic carbocycles. The van der Waals surface area contributed by atoms with Crippen molar-refractivity contribution in [1.82, 2.24) is 10.0 Å². The van der Waals surface area contributed by atoms with Crippen molar-refractivity contribution in [2.75, 3.05) is 19.7 Å². The zero-order valence-electron chi connectivity index (χ0n) is 14.6. The Bertz CT molecular complexity index is 962. The van der Waals surface area contributed by atoms with Crippen molar-refractivity contribution in [3.63, 3.8) is 0 Å². The average Bonchev–Trinajstić information content (AvgIpc) is 2.70. The lowest BCUT2D eigenvalue weighted by Gasteiger charge is -2.25. The molecule has 2 aromatic rings. The highest BCUT2D eigenvalue weighted by molar-refractivity contribution is 7.89. The summed E-state index contributed by atoms with van der Waals surface area (Å²) >= 11 is 0. The van der Waals surface area contributed by atoms with Gasteiger partial charge in [-0.2, -0.15) is 4.72 Å². The van der Waals surface area contributed by atoms with E-state index in [1.807, 2.05) is 24.3 Å². The lowest BCUT2D eigenvalue weighted by molar-refractivity contribution is 0.0939. The molecule has 1 unspecified atom stereocenters. The minimum Gasteiger partial charge on any atom is -0.493 e. The zero-order chi connectivity index (χ0) is 19.3. The van der Waals surface area contributed by atoms with Gasteiger partial charge in [0.05, 0.1) is 18.0 Å². The number of terminal acetylenes is 1. The van der Waals surface area contributed by atoms with Gasteiger partial charge in [-0.3, -0.25) is 4.79 Å². The Hall–Kier alpha value is -2.82. The van der Waals surface area contributed by atoms with E-state index in [9.17, 15) is 13.2 Å². The van der Waals surface area contributed by atoms with Crippen molar-refractivity contribution in [2.45, 2.75) is 11.3 Å². The first-order chi connectivity index (χ1) is 13.0. The van der Waals surface area contributed by atoms with Gasteiger partial charge in [0.25, 0.3) is 5.91 Å². The first-order valence-electron chi connectivity index (χ1n) is 8.51. The van der Waals surface area contributed by atoms with Crippen molar-refractivity contribution < 1.29 is 17.9 Å². The van der Waals surface area contributed by atoms with Crippen LogP contribution in [0.3, 0.4) is 0 Å². The third-order valence-corrected chi connectivity index (χ3v) is 5.72. The third-order valence-electron chi connectivity index (χ3n) is 4.30. The smallest absolute Gasteiger partial charge is 0.251 e. The van der Waals surface area contributed by atoms with Crippen LogP contribution >= 0.6 is 0 Å². The van der Waals surface area contributed by atoms with Gasteiger partial charge in [0.15, 0.2) is 0 Å². The van der Waals surface area contributed by atoms with E-state index in [0.717, 1.165) is 17.7 Å². The molecule has 0 aliphatic carbocycles. The van der Waals surface area contributed by atoms with E-state index < -0.39 is 10.0 Å². The van der Waals surface area contributed by atoms with E-state index in [1.165, 1.54) is 24.3 Å². The maximum absolute atomic E-state index is 12.3. The maximum Gasteiger partial charge on any atom is 0.251 e. The Kier molecular flexibility index (Phi) is 5.79. The van der Waals surface area contributed by atoms with Crippen LogP contribution in [0.2, 0.25) is 0 Å². The SMILES string of the molecule is C#CCNS(=O)(=O)c1ccc(C(=O)NCC2COc3ccccc3C2)cc1. The molecular weight excluding hydrogens is 364 g/mol. The van der Waals surface area contributed by atoms with Gasteiger partial charge in [0.1, 0.15) is 5.75 Å². The Morgan fingerprint density at radius 1 is 1.19 bits per heavy atom. The summed E-state index contributed by atoms with van der Waals surface area (Å²) in [4.78, 5) is 12.4. The number of rotatable bonds is 6. The molecule has 0 saturated carbocycles. The maximum atomic E-state index is 12.3. The van der Waals surface area contributed by atoms with Crippen molar-refractivity contribution in [3.8, 4) is 18.1 Å². The Morgan fingerprint density at radius 3 is 2.67 bits per heavy atom. The first kappa shape index (κ1) is 19.0. The molecule has 6 nitrogen and oxygen atoms in total. The van der Waals surface area contributed by atoms with E-state index in [4.69, 9.17) is 11.2 Å². The number of hydrogen-bond acceptors (Lipinski definition) is 4. The number of carbonyl (C=O) groups is 1. The molecule has 0 radical (unpaired) electrons. The predicted molar refractivity (Wildman–Crippen MR) is 102 cm³/mol. The second kappa shape index (κ2) is 8.25. The fourth-order valence-electron chi connectivity index (χ4n) is 2.87. The molecule has 1 amide bonds. The zero-order valence-corrected chi connectivity index (χ0v) is 15.5. The Morgan fingerprint density at radius 2 is 1.93 bits per heavy atom. The summed E-state index contributed by atoms with van der Waals surface area (Å²) in [5.74, 6) is 3.05. The first-order valence-corrected chi connectivity index (χ1v) is 10.00. The fraction of sp³-hybridized carbons (Fsp3) is 0.250. The molecule has 7 heteroatoms. The normalized spacial score (nSPS) is 15.9. The van der Waals surface area contributed by atoms with Crippen molar-refractivity contribution >= 4 is 15.9 Å². The van der Waals surface area contributed by atoms with Crippen LogP contribution in [0.1, 0.15) is 15.9 Å². The number of amides is 1. The summed E-state index contributed by atoms with van der Waals surface area (Å²) in [6, 6.07) is 13.6. The van der Waals surface area contributed by atoms with Crippen LogP contribution in [0, 0.1) is 18.3 Å². The molecule has 0 spiro atoms. The highest BCUT2D eigenvalue weighted by Crippen LogP contribution is 2.26. The molecule has 0 saturated heterocycles. The molecule has 1 heterocycles. The van der Waals surface area contributed by atoms with Gasteiger partial charge in [-0.05, 0) is 42.3 Å². The largest absolute Gasteiger partial charge is 0.493 e. The summed E-state index contributed by atoms with van der Waals surface area (Å²) < 4.78 is 32.0. The Balaban J connectivity index is 1.57. The van der Waals surface area contributed by atoms with Crippen molar-refractivity contribution in [3.05, 3.63) is 59.7 Å². The molecule has 1 aliphatic rings. The van der Waals surface area contributed by atoms with Gasteiger partial charge < -0.3 is 10.1 Å². The molecule has 2 N–H and O–H groups in total. The lowest BCUT2D eigenvalue weighted by atomic mass is 9.96. The minimum absolute atomic E-state index is 0.0617. The topological polar surface area (TPSA) is 84.5 Å². The fourth-order valence-corrected chi connectivity index (χ4v) is 3.80. The number of ether oxygens (including phenoxy) is 1. The van der Waals surface area contributed by atoms with E-state index in [1.54, 1.807) is 0 Å². The van der Waals surface area contributed by atoms with Gasteiger partial charge in [-0.25, -0.2) is 8.42 Å². The molecule has 140 valence electrons. The summed E-state index contributed by atoms with van der Waals surface area (Å²) in [6.07, 6.45) is 5.90. The van der Waals surface area contributed by atoms with Crippen LogP contribution in [-0.2, 0) is 16.4 Å². The summed E-state index contributed by atoms with van der Waals surface area (Å²) in [7, 11) is -3.66. The summed E-state index contributed by atoms with van der Waals surface area (Å²) in [5.41, 5.74) is 1.53. The number of fused-ring (bicyclic) bond motifs is 1. The minimum atomic E-state index is -3.66. The summed E-state index contributed by atoms with van der Waals surface area (Å²) in [6.45, 7) is 0.948. The highest BCUT2D eigenvalue weighted by atomic mass is 32.2. The molecule has 27 heavy (non-hydrogen) atoms. The monoisotopic (exact) mass is 384 g/mol. The van der Waals surface area contributed by atoms with Crippen LogP contribution in [-0.4, -0.2) is 34.0 Å².